The molecule has 0 unspecified atom stereocenters. The first-order valence-electron chi connectivity index (χ1n) is 7.58. The molecule has 0 fully saturated rings. The van der Waals surface area contributed by atoms with Crippen molar-refractivity contribution in [3.05, 3.63) is 76.0 Å². The van der Waals surface area contributed by atoms with Crippen molar-refractivity contribution in [2.24, 2.45) is 0 Å². The third-order valence-corrected chi connectivity index (χ3v) is 5.69. The summed E-state index contributed by atoms with van der Waals surface area (Å²) in [6, 6.07) is 19.2. The van der Waals surface area contributed by atoms with Crippen LogP contribution in [0.3, 0.4) is 0 Å². The normalized spacial score (nSPS) is 10.8. The number of rotatable bonds is 3. The maximum atomic E-state index is 12.3. The highest BCUT2D eigenvalue weighted by atomic mass is 127. The van der Waals surface area contributed by atoms with E-state index in [1.807, 2.05) is 42.5 Å². The zero-order chi connectivity index (χ0) is 17.2. The van der Waals surface area contributed by atoms with Crippen LogP contribution in [0.25, 0.3) is 20.8 Å². The SMILES string of the molecule is O=C(Nc1ccc(-c2nc3ccccc3s2)cn1)c1ccccc1I. The molecule has 0 radical (unpaired) electrons. The molecule has 6 heteroatoms. The molecule has 2 aromatic carbocycles. The predicted octanol–water partition coefficient (Wildman–Crippen LogP) is 5.22. The van der Waals surface area contributed by atoms with Gasteiger partial charge in [0.1, 0.15) is 10.8 Å². The Bertz CT molecular complexity index is 1030. The number of para-hydroxylation sites is 1. The van der Waals surface area contributed by atoms with Gasteiger partial charge in [-0.05, 0) is 59.0 Å². The highest BCUT2D eigenvalue weighted by Gasteiger charge is 2.11. The molecule has 4 nitrogen and oxygen atoms in total. The van der Waals surface area contributed by atoms with Crippen molar-refractivity contribution in [1.29, 1.82) is 0 Å². The van der Waals surface area contributed by atoms with Crippen molar-refractivity contribution in [3.8, 4) is 10.6 Å². The van der Waals surface area contributed by atoms with E-state index in [2.05, 4.69) is 43.9 Å². The molecule has 0 aliphatic carbocycles. The van der Waals surface area contributed by atoms with Crippen LogP contribution in [0, 0.1) is 3.57 Å². The average Bonchev–Trinajstić information content (AvgIpc) is 3.07. The lowest BCUT2D eigenvalue weighted by atomic mass is 10.2. The molecule has 0 aliphatic heterocycles. The second kappa shape index (κ2) is 6.89. The minimum Gasteiger partial charge on any atom is -0.307 e. The summed E-state index contributed by atoms with van der Waals surface area (Å²) < 4.78 is 2.05. The number of hydrogen-bond acceptors (Lipinski definition) is 4. The summed E-state index contributed by atoms with van der Waals surface area (Å²) >= 11 is 3.78. The van der Waals surface area contributed by atoms with Crippen molar-refractivity contribution >= 4 is 55.9 Å². The van der Waals surface area contributed by atoms with Crippen LogP contribution in [0.15, 0.2) is 66.9 Å². The first-order valence-corrected chi connectivity index (χ1v) is 9.48. The number of fused-ring (bicyclic) bond motifs is 1. The number of hydrogen-bond donors (Lipinski definition) is 1. The van der Waals surface area contributed by atoms with Gasteiger partial charge in [-0.2, -0.15) is 0 Å². The molecule has 1 N–H and O–H groups in total. The molecular weight excluding hydrogens is 445 g/mol. The van der Waals surface area contributed by atoms with Gasteiger partial charge in [0, 0.05) is 15.3 Å². The molecule has 1 amide bonds. The number of nitrogens with one attached hydrogen (secondary N) is 1. The number of amides is 1. The summed E-state index contributed by atoms with van der Waals surface area (Å²) in [4.78, 5) is 21.3. The van der Waals surface area contributed by atoms with Gasteiger partial charge in [-0.1, -0.05) is 24.3 Å². The Morgan fingerprint density at radius 1 is 1.00 bits per heavy atom. The van der Waals surface area contributed by atoms with Crippen molar-refractivity contribution in [2.45, 2.75) is 0 Å². The fraction of sp³-hybridized carbons (Fsp3) is 0. The van der Waals surface area contributed by atoms with Crippen LogP contribution < -0.4 is 5.32 Å². The van der Waals surface area contributed by atoms with Crippen LogP contribution in [0.2, 0.25) is 0 Å². The molecule has 25 heavy (non-hydrogen) atoms. The number of nitrogens with zero attached hydrogens (tertiary/aromatic N) is 2. The number of carbonyl (C=O) groups excluding carboxylic acids is 1. The monoisotopic (exact) mass is 457 g/mol. The van der Waals surface area contributed by atoms with Crippen molar-refractivity contribution in [1.82, 2.24) is 9.97 Å². The van der Waals surface area contributed by atoms with Gasteiger partial charge in [0.05, 0.1) is 15.8 Å². The minimum absolute atomic E-state index is 0.162. The molecule has 4 rings (SSSR count). The second-order valence-corrected chi connectivity index (χ2v) is 7.55. The molecule has 4 aromatic rings. The van der Waals surface area contributed by atoms with Gasteiger partial charge in [0.25, 0.3) is 5.91 Å². The number of benzene rings is 2. The first kappa shape index (κ1) is 16.2. The summed E-state index contributed by atoms with van der Waals surface area (Å²) in [7, 11) is 0. The zero-order valence-electron chi connectivity index (χ0n) is 12.9. The largest absolute Gasteiger partial charge is 0.307 e. The number of carbonyl (C=O) groups is 1. The Balaban J connectivity index is 1.56. The molecule has 0 bridgehead atoms. The Labute approximate surface area is 162 Å². The Kier molecular flexibility index (Phi) is 4.46. The summed E-state index contributed by atoms with van der Waals surface area (Å²) in [5.41, 5.74) is 2.56. The second-order valence-electron chi connectivity index (χ2n) is 5.35. The van der Waals surface area contributed by atoms with Gasteiger partial charge in [0.15, 0.2) is 0 Å². The highest BCUT2D eigenvalue weighted by Crippen LogP contribution is 2.29. The van der Waals surface area contributed by atoms with Gasteiger partial charge in [-0.15, -0.1) is 11.3 Å². The lowest BCUT2D eigenvalue weighted by Gasteiger charge is -2.06. The number of thiazole rings is 1. The fourth-order valence-corrected chi connectivity index (χ4v) is 4.01. The van der Waals surface area contributed by atoms with Gasteiger partial charge in [-0.3, -0.25) is 4.79 Å². The molecular formula is C19H12IN3OS. The molecule has 2 aromatic heterocycles. The molecule has 0 atom stereocenters. The number of anilines is 1. The topological polar surface area (TPSA) is 54.9 Å². The Hall–Kier alpha value is -2.32. The van der Waals surface area contributed by atoms with Crippen molar-refractivity contribution in [2.75, 3.05) is 5.32 Å². The van der Waals surface area contributed by atoms with Gasteiger partial charge in [-0.25, -0.2) is 9.97 Å². The number of halogens is 1. The Morgan fingerprint density at radius 3 is 2.56 bits per heavy atom. The van der Waals surface area contributed by atoms with Gasteiger partial charge >= 0.3 is 0 Å². The predicted molar refractivity (Wildman–Crippen MR) is 110 cm³/mol. The molecule has 0 saturated carbocycles. The highest BCUT2D eigenvalue weighted by molar-refractivity contribution is 14.1. The number of aromatic nitrogens is 2. The van der Waals surface area contributed by atoms with E-state index >= 15 is 0 Å². The molecule has 2 heterocycles. The van der Waals surface area contributed by atoms with E-state index in [9.17, 15) is 4.79 Å². The summed E-state index contributed by atoms with van der Waals surface area (Å²) in [6.07, 6.45) is 1.74. The molecule has 122 valence electrons. The molecule has 0 spiro atoms. The van der Waals surface area contributed by atoms with E-state index < -0.39 is 0 Å². The van der Waals surface area contributed by atoms with E-state index in [-0.39, 0.29) is 5.91 Å². The minimum atomic E-state index is -0.162. The first-order chi connectivity index (χ1) is 12.2. The zero-order valence-corrected chi connectivity index (χ0v) is 15.9. The van der Waals surface area contributed by atoms with Crippen LogP contribution in [0.5, 0.6) is 0 Å². The molecule has 0 saturated heterocycles. The smallest absolute Gasteiger partial charge is 0.257 e. The van der Waals surface area contributed by atoms with Crippen molar-refractivity contribution < 1.29 is 4.79 Å². The van der Waals surface area contributed by atoms with E-state index in [0.717, 1.165) is 24.4 Å². The van der Waals surface area contributed by atoms with E-state index in [0.29, 0.717) is 11.4 Å². The van der Waals surface area contributed by atoms with E-state index in [4.69, 9.17) is 0 Å². The van der Waals surface area contributed by atoms with E-state index in [1.54, 1.807) is 29.7 Å². The third-order valence-electron chi connectivity index (χ3n) is 3.66. The van der Waals surface area contributed by atoms with Crippen LogP contribution >= 0.6 is 33.9 Å². The molecule has 0 aliphatic rings. The lowest BCUT2D eigenvalue weighted by Crippen LogP contribution is -2.14. The summed E-state index contributed by atoms with van der Waals surface area (Å²) in [5, 5.41) is 3.75. The summed E-state index contributed by atoms with van der Waals surface area (Å²) in [5.74, 6) is 0.361. The van der Waals surface area contributed by atoms with E-state index in [1.165, 1.54) is 0 Å². The van der Waals surface area contributed by atoms with Gasteiger partial charge < -0.3 is 5.32 Å². The van der Waals surface area contributed by atoms with Crippen LogP contribution in [0.4, 0.5) is 5.82 Å². The third kappa shape index (κ3) is 3.40. The fourth-order valence-electron chi connectivity index (χ4n) is 2.42. The number of pyridine rings is 1. The average molecular weight is 457 g/mol. The van der Waals surface area contributed by atoms with Crippen LogP contribution in [-0.2, 0) is 0 Å². The standard InChI is InChI=1S/C19H12IN3OS/c20-14-6-2-1-5-13(14)18(24)23-17-10-9-12(11-21-17)19-22-15-7-3-4-8-16(15)25-19/h1-11H,(H,21,23,24). The quantitative estimate of drug-likeness (QED) is 0.430. The summed E-state index contributed by atoms with van der Waals surface area (Å²) in [6.45, 7) is 0. The maximum absolute atomic E-state index is 12.3. The van der Waals surface area contributed by atoms with Crippen LogP contribution in [0.1, 0.15) is 10.4 Å². The Morgan fingerprint density at radius 2 is 1.80 bits per heavy atom. The maximum Gasteiger partial charge on any atom is 0.257 e. The van der Waals surface area contributed by atoms with Gasteiger partial charge in [0.2, 0.25) is 0 Å². The van der Waals surface area contributed by atoms with Crippen LogP contribution in [-0.4, -0.2) is 15.9 Å². The van der Waals surface area contributed by atoms with Crippen molar-refractivity contribution in [3.63, 3.8) is 0 Å². The lowest BCUT2D eigenvalue weighted by molar-refractivity contribution is 0.102.